The number of nitrogens with one attached hydrogen (secondary N) is 1. The van der Waals surface area contributed by atoms with Gasteiger partial charge in [-0.1, -0.05) is 37.3 Å². The third-order valence-corrected chi connectivity index (χ3v) is 7.30. The molecule has 1 aliphatic rings. The number of anilines is 1. The van der Waals surface area contributed by atoms with Gasteiger partial charge in [-0.05, 0) is 42.3 Å². The largest absolute Gasteiger partial charge is 0.395 e. The molecule has 1 saturated heterocycles. The van der Waals surface area contributed by atoms with Gasteiger partial charge in [0.15, 0.2) is 0 Å². The maximum atomic E-state index is 13.7. The summed E-state index contributed by atoms with van der Waals surface area (Å²) in [6.45, 7) is 6.30. The summed E-state index contributed by atoms with van der Waals surface area (Å²) in [5, 5.41) is 13.3. The molecule has 0 bridgehead atoms. The van der Waals surface area contributed by atoms with Crippen molar-refractivity contribution < 1.29 is 14.3 Å². The normalized spacial score (nSPS) is 16.0. The van der Waals surface area contributed by atoms with Crippen LogP contribution in [0.3, 0.4) is 0 Å². The van der Waals surface area contributed by atoms with Crippen LogP contribution in [0.25, 0.3) is 0 Å². The van der Waals surface area contributed by atoms with E-state index >= 15 is 0 Å². The number of aliphatic hydroxyl groups excluding tert-OH is 1. The van der Waals surface area contributed by atoms with Gasteiger partial charge < -0.3 is 10.4 Å². The Hall–Kier alpha value is -2.58. The second-order valence-corrected chi connectivity index (χ2v) is 9.36. The number of hydrogen-bond acceptors (Lipinski definition) is 5. The quantitative estimate of drug-likeness (QED) is 0.516. The second kappa shape index (κ2) is 11.0. The van der Waals surface area contributed by atoms with Gasteiger partial charge in [0.1, 0.15) is 10.8 Å². The molecule has 1 aliphatic heterocycles. The van der Waals surface area contributed by atoms with Crippen molar-refractivity contribution in [3.63, 3.8) is 0 Å². The zero-order valence-corrected chi connectivity index (χ0v) is 19.7. The minimum Gasteiger partial charge on any atom is -0.395 e. The fraction of sp³-hybridized carbons (Fsp3) is 0.346. The summed E-state index contributed by atoms with van der Waals surface area (Å²) in [6.07, 6.45) is 0.874. The van der Waals surface area contributed by atoms with Gasteiger partial charge in [-0.15, -0.1) is 11.3 Å². The first-order chi connectivity index (χ1) is 16.1. The molecule has 4 rings (SSSR count). The molecule has 1 fully saturated rings. The molecule has 1 atom stereocenters. The van der Waals surface area contributed by atoms with Crippen LogP contribution in [0.15, 0.2) is 60.7 Å². The van der Waals surface area contributed by atoms with Crippen LogP contribution in [0.5, 0.6) is 0 Å². The average molecular weight is 468 g/mol. The molecule has 3 aromatic rings. The Morgan fingerprint density at radius 1 is 1.09 bits per heavy atom. The predicted octanol–water partition coefficient (Wildman–Crippen LogP) is 4.40. The molecule has 0 unspecified atom stereocenters. The van der Waals surface area contributed by atoms with E-state index in [0.29, 0.717) is 12.1 Å². The van der Waals surface area contributed by atoms with E-state index in [1.54, 1.807) is 23.5 Å². The molecule has 2 N–H and O–H groups in total. The minimum atomic E-state index is -0.262. The summed E-state index contributed by atoms with van der Waals surface area (Å²) in [4.78, 5) is 18.8. The summed E-state index contributed by atoms with van der Waals surface area (Å²) in [5.41, 5.74) is 2.66. The highest BCUT2D eigenvalue weighted by Gasteiger charge is 2.30. The Balaban J connectivity index is 1.68. The van der Waals surface area contributed by atoms with Gasteiger partial charge in [-0.2, -0.15) is 0 Å². The molecule has 174 valence electrons. The number of nitrogens with zero attached hydrogens (tertiary/aromatic N) is 2. The molecule has 1 aromatic heterocycles. The molecule has 5 nitrogen and oxygen atoms in total. The van der Waals surface area contributed by atoms with Crippen molar-refractivity contribution >= 4 is 22.2 Å². The summed E-state index contributed by atoms with van der Waals surface area (Å²) in [6, 6.07) is 18.0. The van der Waals surface area contributed by atoms with Crippen molar-refractivity contribution in [1.29, 1.82) is 0 Å². The number of piperazine rings is 1. The molecule has 0 radical (unpaired) electrons. The Labute approximate surface area is 198 Å². The molecule has 0 aliphatic carbocycles. The van der Waals surface area contributed by atoms with Crippen molar-refractivity contribution in [3.8, 4) is 0 Å². The van der Waals surface area contributed by atoms with E-state index in [-0.39, 0.29) is 24.4 Å². The SMILES string of the molecule is CCc1cc([C@@H](c2ccc(F)cc2)N2CCN(CCO)CC2)c(NC(=O)c2ccccc2)s1. The van der Waals surface area contributed by atoms with Gasteiger partial charge in [0, 0.05) is 48.7 Å². The molecular formula is C26H30FN3O2S. The molecular weight excluding hydrogens is 437 g/mol. The zero-order chi connectivity index (χ0) is 23.2. The van der Waals surface area contributed by atoms with E-state index in [1.807, 2.05) is 30.3 Å². The highest BCUT2D eigenvalue weighted by Crippen LogP contribution is 2.40. The van der Waals surface area contributed by atoms with Crippen molar-refractivity contribution in [3.05, 3.63) is 88.0 Å². The highest BCUT2D eigenvalue weighted by molar-refractivity contribution is 7.16. The van der Waals surface area contributed by atoms with E-state index in [4.69, 9.17) is 0 Å². The average Bonchev–Trinajstić information content (AvgIpc) is 3.24. The van der Waals surface area contributed by atoms with Crippen molar-refractivity contribution in [2.75, 3.05) is 44.6 Å². The molecule has 0 saturated carbocycles. The van der Waals surface area contributed by atoms with Crippen LogP contribution in [-0.2, 0) is 6.42 Å². The van der Waals surface area contributed by atoms with Gasteiger partial charge in [-0.3, -0.25) is 14.6 Å². The van der Waals surface area contributed by atoms with Crippen molar-refractivity contribution in [1.82, 2.24) is 9.80 Å². The summed E-state index contributed by atoms with van der Waals surface area (Å²) in [5.74, 6) is -0.394. The van der Waals surface area contributed by atoms with E-state index in [2.05, 4.69) is 28.1 Å². The Morgan fingerprint density at radius 2 is 1.79 bits per heavy atom. The number of amides is 1. The Bertz CT molecular complexity index is 1050. The van der Waals surface area contributed by atoms with Crippen LogP contribution >= 0.6 is 11.3 Å². The first-order valence-corrected chi connectivity index (χ1v) is 12.2. The van der Waals surface area contributed by atoms with Gasteiger partial charge in [0.25, 0.3) is 5.91 Å². The number of carbonyl (C=O) groups is 1. The first-order valence-electron chi connectivity index (χ1n) is 11.4. The number of carbonyl (C=O) groups excluding carboxylic acids is 1. The van der Waals surface area contributed by atoms with Crippen LogP contribution in [0, 0.1) is 5.82 Å². The van der Waals surface area contributed by atoms with Crippen molar-refractivity contribution in [2.24, 2.45) is 0 Å². The molecule has 1 amide bonds. The number of rotatable bonds is 8. The van der Waals surface area contributed by atoms with Crippen LogP contribution in [0.4, 0.5) is 9.39 Å². The van der Waals surface area contributed by atoms with Crippen LogP contribution in [-0.4, -0.2) is 60.1 Å². The lowest BCUT2D eigenvalue weighted by Crippen LogP contribution is -2.48. The number of aliphatic hydroxyl groups is 1. The fourth-order valence-electron chi connectivity index (χ4n) is 4.32. The summed E-state index contributed by atoms with van der Waals surface area (Å²) in [7, 11) is 0. The van der Waals surface area contributed by atoms with Crippen LogP contribution in [0.1, 0.15) is 39.3 Å². The smallest absolute Gasteiger partial charge is 0.256 e. The molecule has 2 aromatic carbocycles. The van der Waals surface area contributed by atoms with E-state index in [1.165, 1.54) is 17.0 Å². The van der Waals surface area contributed by atoms with E-state index < -0.39 is 0 Å². The number of aryl methyl sites for hydroxylation is 1. The third kappa shape index (κ3) is 5.68. The molecule has 0 spiro atoms. The molecule has 33 heavy (non-hydrogen) atoms. The first kappa shape index (κ1) is 23.6. The fourth-order valence-corrected chi connectivity index (χ4v) is 5.34. The predicted molar refractivity (Wildman–Crippen MR) is 131 cm³/mol. The maximum absolute atomic E-state index is 13.7. The van der Waals surface area contributed by atoms with Gasteiger partial charge >= 0.3 is 0 Å². The number of hydrogen-bond donors (Lipinski definition) is 2. The lowest BCUT2D eigenvalue weighted by Gasteiger charge is -2.39. The standard InChI is InChI=1S/C26H30FN3O2S/c1-2-22-18-23(26(33-22)28-25(32)20-6-4-3-5-7-20)24(19-8-10-21(27)11-9-19)30-14-12-29(13-15-30)16-17-31/h3-11,18,24,31H,2,12-17H2,1H3,(H,28,32)/t24-/m1/s1. The summed E-state index contributed by atoms with van der Waals surface area (Å²) < 4.78 is 13.7. The summed E-state index contributed by atoms with van der Waals surface area (Å²) >= 11 is 1.61. The van der Waals surface area contributed by atoms with Gasteiger partial charge in [0.2, 0.25) is 0 Å². The number of benzene rings is 2. The van der Waals surface area contributed by atoms with Crippen molar-refractivity contribution in [2.45, 2.75) is 19.4 Å². The van der Waals surface area contributed by atoms with Crippen LogP contribution in [0.2, 0.25) is 0 Å². The highest BCUT2D eigenvalue weighted by atomic mass is 32.1. The maximum Gasteiger partial charge on any atom is 0.256 e. The minimum absolute atomic E-state index is 0.0931. The van der Waals surface area contributed by atoms with Gasteiger partial charge in [0.05, 0.1) is 12.6 Å². The zero-order valence-electron chi connectivity index (χ0n) is 18.8. The van der Waals surface area contributed by atoms with Crippen LogP contribution < -0.4 is 5.32 Å². The Morgan fingerprint density at radius 3 is 2.42 bits per heavy atom. The lowest BCUT2D eigenvalue weighted by molar-refractivity contribution is 0.0946. The topological polar surface area (TPSA) is 55.8 Å². The Kier molecular flexibility index (Phi) is 7.88. The number of thiophene rings is 1. The third-order valence-electron chi connectivity index (χ3n) is 6.09. The van der Waals surface area contributed by atoms with E-state index in [0.717, 1.165) is 48.7 Å². The number of β-amino-alcohol motifs (C(OH)–C–C–N with tert-alkyl or cyclic N) is 1. The lowest BCUT2D eigenvalue weighted by atomic mass is 9.97. The second-order valence-electron chi connectivity index (χ2n) is 8.23. The monoisotopic (exact) mass is 467 g/mol. The van der Waals surface area contributed by atoms with Gasteiger partial charge in [-0.25, -0.2) is 4.39 Å². The number of halogens is 1. The molecule has 7 heteroatoms. The van der Waals surface area contributed by atoms with E-state index in [9.17, 15) is 14.3 Å². The molecule has 2 heterocycles.